The summed E-state index contributed by atoms with van der Waals surface area (Å²) in [6, 6.07) is 3.62. The first-order valence-corrected chi connectivity index (χ1v) is 7.08. The van der Waals surface area contributed by atoms with E-state index < -0.39 is 30.1 Å². The highest BCUT2D eigenvalue weighted by atomic mass is 35.5. The highest BCUT2D eigenvalue weighted by Crippen LogP contribution is 2.21. The third-order valence-electron chi connectivity index (χ3n) is 2.22. The molecule has 0 heterocycles. The number of benzene rings is 1. The van der Waals surface area contributed by atoms with E-state index >= 15 is 0 Å². The summed E-state index contributed by atoms with van der Waals surface area (Å²) in [5, 5.41) is 5.04. The van der Waals surface area contributed by atoms with E-state index in [1.165, 1.54) is 18.2 Å². The molecule has 6 nitrogen and oxygen atoms in total. The van der Waals surface area contributed by atoms with Crippen LogP contribution in [0.15, 0.2) is 18.2 Å². The number of halogens is 2. The van der Waals surface area contributed by atoms with Crippen LogP contribution in [0.25, 0.3) is 0 Å². The number of hydrogen-bond donors (Lipinski definition) is 2. The number of nitrogens with one attached hydrogen (secondary N) is 2. The number of ether oxygens (including phenoxy) is 1. The van der Waals surface area contributed by atoms with Gasteiger partial charge in [-0.3, -0.25) is 10.1 Å². The number of hydrogen-bond acceptors (Lipinski definition) is 4. The van der Waals surface area contributed by atoms with Crippen LogP contribution in [0.2, 0.25) is 10.0 Å². The third kappa shape index (κ3) is 6.32. The number of carbonyl (C=O) groups excluding carboxylic acids is 3. The quantitative estimate of drug-likeness (QED) is 0.824. The molecule has 2 N–H and O–H groups in total. The Hall–Kier alpha value is -1.79. The lowest BCUT2D eigenvalue weighted by Gasteiger charge is -2.20. The fourth-order valence-corrected chi connectivity index (χ4v) is 1.76. The summed E-state index contributed by atoms with van der Waals surface area (Å²) in [6.45, 7) is 4.67. The zero-order valence-corrected chi connectivity index (χ0v) is 13.8. The Labute approximate surface area is 138 Å². The first-order valence-electron chi connectivity index (χ1n) is 6.32. The number of amides is 3. The molecule has 1 aromatic carbocycles. The molecule has 120 valence electrons. The lowest BCUT2D eigenvalue weighted by molar-refractivity contribution is -0.123. The summed E-state index contributed by atoms with van der Waals surface area (Å²) in [5.41, 5.74) is -0.448. The number of carbonyl (C=O) groups is 3. The molecule has 0 unspecified atom stereocenters. The molecule has 0 bridgehead atoms. The normalized spacial score (nSPS) is 10.8. The molecule has 0 atom stereocenters. The third-order valence-corrected chi connectivity index (χ3v) is 2.79. The van der Waals surface area contributed by atoms with Crippen molar-refractivity contribution in [2.75, 3.05) is 6.61 Å². The van der Waals surface area contributed by atoms with Crippen LogP contribution in [0.1, 0.15) is 31.1 Å². The van der Waals surface area contributed by atoms with Crippen molar-refractivity contribution in [3.63, 3.8) is 0 Å². The van der Waals surface area contributed by atoms with Gasteiger partial charge in [0.2, 0.25) is 0 Å². The Bertz CT molecular complexity index is 597. The average molecular weight is 347 g/mol. The van der Waals surface area contributed by atoms with Crippen LogP contribution in [-0.2, 0) is 9.53 Å². The second-order valence-corrected chi connectivity index (χ2v) is 6.30. The van der Waals surface area contributed by atoms with Gasteiger partial charge in [-0.2, -0.15) is 0 Å². The molecule has 0 aliphatic rings. The highest BCUT2D eigenvalue weighted by molar-refractivity contribution is 6.35. The fourth-order valence-electron chi connectivity index (χ4n) is 1.40. The van der Waals surface area contributed by atoms with Crippen LogP contribution in [0.3, 0.4) is 0 Å². The molecule has 3 amide bonds. The minimum atomic E-state index is -0.807. The van der Waals surface area contributed by atoms with E-state index in [4.69, 9.17) is 27.9 Å². The Morgan fingerprint density at radius 1 is 1.18 bits per heavy atom. The molecular weight excluding hydrogens is 331 g/mol. The summed E-state index contributed by atoms with van der Waals surface area (Å²) in [4.78, 5) is 34.8. The highest BCUT2D eigenvalue weighted by Gasteiger charge is 2.18. The van der Waals surface area contributed by atoms with Crippen molar-refractivity contribution in [3.8, 4) is 0 Å². The largest absolute Gasteiger partial charge is 0.452 e. The van der Waals surface area contributed by atoms with E-state index in [0.717, 1.165) is 0 Å². The molecule has 0 spiro atoms. The van der Waals surface area contributed by atoms with Gasteiger partial charge in [0.15, 0.2) is 6.61 Å². The lowest BCUT2D eigenvalue weighted by Crippen LogP contribution is -2.49. The van der Waals surface area contributed by atoms with Gasteiger partial charge in [-0.05, 0) is 39.0 Å². The molecule has 0 aromatic heterocycles. The summed E-state index contributed by atoms with van der Waals surface area (Å²) >= 11 is 11.6. The number of esters is 1. The van der Waals surface area contributed by atoms with Crippen LogP contribution in [0.5, 0.6) is 0 Å². The Morgan fingerprint density at radius 2 is 1.82 bits per heavy atom. The van der Waals surface area contributed by atoms with Crippen LogP contribution in [0.4, 0.5) is 4.79 Å². The molecule has 0 radical (unpaired) electrons. The predicted octanol–water partition coefficient (Wildman–Crippen LogP) is 2.77. The summed E-state index contributed by atoms with van der Waals surface area (Å²) in [6.07, 6.45) is 0. The molecule has 0 saturated heterocycles. The Balaban J connectivity index is 2.52. The zero-order chi connectivity index (χ0) is 16.9. The van der Waals surface area contributed by atoms with Crippen molar-refractivity contribution in [2.24, 2.45) is 0 Å². The summed E-state index contributed by atoms with van der Waals surface area (Å²) in [5.74, 6) is -1.56. The average Bonchev–Trinajstić information content (AvgIpc) is 2.36. The molecule has 1 rings (SSSR count). The minimum absolute atomic E-state index is 0.0427. The molecule has 22 heavy (non-hydrogen) atoms. The van der Waals surface area contributed by atoms with E-state index in [9.17, 15) is 14.4 Å². The zero-order valence-electron chi connectivity index (χ0n) is 12.3. The fraction of sp³-hybridized carbons (Fsp3) is 0.357. The first kappa shape index (κ1) is 18.3. The molecule has 0 saturated carbocycles. The second kappa shape index (κ2) is 7.47. The predicted molar refractivity (Wildman–Crippen MR) is 83.2 cm³/mol. The van der Waals surface area contributed by atoms with Crippen LogP contribution in [-0.4, -0.2) is 30.1 Å². The lowest BCUT2D eigenvalue weighted by atomic mass is 10.1. The van der Waals surface area contributed by atoms with Crippen molar-refractivity contribution in [1.29, 1.82) is 0 Å². The van der Waals surface area contributed by atoms with Crippen molar-refractivity contribution in [3.05, 3.63) is 33.8 Å². The molecule has 0 aliphatic carbocycles. The summed E-state index contributed by atoms with van der Waals surface area (Å²) in [7, 11) is 0. The smallest absolute Gasteiger partial charge is 0.340 e. The van der Waals surface area contributed by atoms with E-state index in [-0.39, 0.29) is 10.6 Å². The van der Waals surface area contributed by atoms with Gasteiger partial charge in [0.05, 0.1) is 10.6 Å². The van der Waals surface area contributed by atoms with Gasteiger partial charge in [-0.1, -0.05) is 23.2 Å². The van der Waals surface area contributed by atoms with E-state index in [2.05, 4.69) is 5.32 Å². The molecule has 0 aliphatic heterocycles. The first-order chi connectivity index (χ1) is 10.1. The minimum Gasteiger partial charge on any atom is -0.452 e. The van der Waals surface area contributed by atoms with Crippen LogP contribution >= 0.6 is 23.2 Å². The van der Waals surface area contributed by atoms with Crippen molar-refractivity contribution in [2.45, 2.75) is 26.3 Å². The Kier molecular flexibility index (Phi) is 6.20. The van der Waals surface area contributed by atoms with Crippen molar-refractivity contribution in [1.82, 2.24) is 10.6 Å². The van der Waals surface area contributed by atoms with E-state index in [1.54, 1.807) is 20.8 Å². The SMILES string of the molecule is CC(C)(C)NC(=O)NC(=O)COC(=O)c1cc(Cl)ccc1Cl. The van der Waals surface area contributed by atoms with Gasteiger partial charge in [0.25, 0.3) is 5.91 Å². The maximum Gasteiger partial charge on any atom is 0.340 e. The van der Waals surface area contributed by atoms with Gasteiger partial charge in [-0.15, -0.1) is 0 Å². The molecule has 0 fully saturated rings. The number of imide groups is 1. The van der Waals surface area contributed by atoms with Crippen LogP contribution < -0.4 is 10.6 Å². The van der Waals surface area contributed by atoms with E-state index in [0.29, 0.717) is 5.02 Å². The summed E-state index contributed by atoms with van der Waals surface area (Å²) < 4.78 is 4.78. The van der Waals surface area contributed by atoms with Gasteiger partial charge < -0.3 is 10.1 Å². The van der Waals surface area contributed by atoms with Crippen LogP contribution in [0, 0.1) is 0 Å². The van der Waals surface area contributed by atoms with Crippen molar-refractivity contribution < 1.29 is 19.1 Å². The molecule has 1 aromatic rings. The van der Waals surface area contributed by atoms with Gasteiger partial charge in [0, 0.05) is 10.6 Å². The van der Waals surface area contributed by atoms with E-state index in [1.807, 2.05) is 5.32 Å². The number of urea groups is 1. The van der Waals surface area contributed by atoms with Crippen molar-refractivity contribution >= 4 is 41.1 Å². The van der Waals surface area contributed by atoms with Gasteiger partial charge in [-0.25, -0.2) is 9.59 Å². The maximum absolute atomic E-state index is 11.8. The molecule has 8 heteroatoms. The van der Waals surface area contributed by atoms with Gasteiger partial charge >= 0.3 is 12.0 Å². The topological polar surface area (TPSA) is 84.5 Å². The standard InChI is InChI=1S/C14H16Cl2N2O4/c1-14(2,3)18-13(21)17-11(19)7-22-12(20)9-6-8(15)4-5-10(9)16/h4-6H,7H2,1-3H3,(H2,17,18,19,21). The second-order valence-electron chi connectivity index (χ2n) is 5.45. The Morgan fingerprint density at radius 3 is 2.41 bits per heavy atom. The number of rotatable bonds is 3. The molecular formula is C14H16Cl2N2O4. The van der Waals surface area contributed by atoms with Gasteiger partial charge in [0.1, 0.15) is 0 Å². The maximum atomic E-state index is 11.8. The monoisotopic (exact) mass is 346 g/mol.